The Morgan fingerprint density at radius 2 is 1.42 bits per heavy atom. The molecular weight excluding hydrogens is 464 g/mol. The topological polar surface area (TPSA) is 37.5 Å². The van der Waals surface area contributed by atoms with Crippen LogP contribution in [0.3, 0.4) is 0 Å². The van der Waals surface area contributed by atoms with Crippen LogP contribution >= 0.6 is 0 Å². The largest absolute Gasteiger partial charge is 0.507 e. The fourth-order valence-corrected chi connectivity index (χ4v) is 6.03. The van der Waals surface area contributed by atoms with E-state index in [1.807, 2.05) is 12.1 Å². The summed E-state index contributed by atoms with van der Waals surface area (Å²) in [7, 11) is 0. The highest BCUT2D eigenvalue weighted by atomic mass is 16.3. The molecule has 2 atom stereocenters. The van der Waals surface area contributed by atoms with Crippen molar-refractivity contribution in [3.05, 3.63) is 144 Å². The van der Waals surface area contributed by atoms with Gasteiger partial charge in [-0.25, -0.2) is 0 Å². The van der Waals surface area contributed by atoms with Crippen LogP contribution in [0, 0.1) is 5.92 Å². The van der Waals surface area contributed by atoms with E-state index in [9.17, 15) is 5.11 Å². The lowest BCUT2D eigenvalue weighted by molar-refractivity contribution is 0.482. The Bertz CT molecular complexity index is 1770. The second-order valence-electron chi connectivity index (χ2n) is 10.1. The smallest absolute Gasteiger partial charge is 0.125 e. The monoisotopic (exact) mass is 492 g/mol. The van der Waals surface area contributed by atoms with E-state index in [-0.39, 0.29) is 12.0 Å². The van der Waals surface area contributed by atoms with Crippen molar-refractivity contribution in [1.82, 2.24) is 4.57 Å². The van der Waals surface area contributed by atoms with Crippen LogP contribution in [0.25, 0.3) is 27.5 Å². The van der Waals surface area contributed by atoms with Crippen molar-refractivity contribution in [3.8, 4) is 5.75 Å². The van der Waals surface area contributed by atoms with Gasteiger partial charge in [-0.05, 0) is 35.7 Å². The number of nitrogens with zero attached hydrogens (tertiary/aromatic N) is 2. The summed E-state index contributed by atoms with van der Waals surface area (Å²) >= 11 is 0. The molecule has 0 amide bonds. The van der Waals surface area contributed by atoms with Crippen LogP contribution in [0.15, 0.2) is 138 Å². The zero-order valence-corrected chi connectivity index (χ0v) is 21.0. The second-order valence-corrected chi connectivity index (χ2v) is 10.1. The molecular formula is C35H28N2O. The third-order valence-corrected chi connectivity index (χ3v) is 7.81. The van der Waals surface area contributed by atoms with E-state index in [4.69, 9.17) is 4.99 Å². The molecule has 0 spiro atoms. The molecule has 0 saturated carbocycles. The number of phenols is 1. The Morgan fingerprint density at radius 3 is 2.24 bits per heavy atom. The lowest BCUT2D eigenvalue weighted by Crippen LogP contribution is -2.19. The van der Waals surface area contributed by atoms with Crippen LogP contribution in [-0.4, -0.2) is 15.4 Å². The lowest BCUT2D eigenvalue weighted by atomic mass is 9.82. The van der Waals surface area contributed by atoms with E-state index < -0.39 is 0 Å². The summed E-state index contributed by atoms with van der Waals surface area (Å²) in [6, 6.07) is 35.4. The molecule has 0 saturated heterocycles. The minimum atomic E-state index is 0.159. The highest BCUT2D eigenvalue weighted by molar-refractivity contribution is 6.11. The molecule has 2 unspecified atom stereocenters. The summed E-state index contributed by atoms with van der Waals surface area (Å²) in [4.78, 5) is 5.13. The number of aromatic nitrogens is 1. The van der Waals surface area contributed by atoms with Gasteiger partial charge in [-0.3, -0.25) is 4.99 Å². The molecule has 7 rings (SSSR count). The van der Waals surface area contributed by atoms with Gasteiger partial charge in [-0.2, -0.15) is 0 Å². The van der Waals surface area contributed by atoms with E-state index in [0.29, 0.717) is 5.75 Å². The minimum Gasteiger partial charge on any atom is -0.507 e. The minimum absolute atomic E-state index is 0.159. The Kier molecular flexibility index (Phi) is 5.55. The normalized spacial score (nSPS) is 19.3. The number of phenolic OH excluding ortho intramolecular Hbond substituents is 1. The maximum atomic E-state index is 10.7. The van der Waals surface area contributed by atoms with Gasteiger partial charge in [0.15, 0.2) is 0 Å². The second kappa shape index (κ2) is 9.35. The van der Waals surface area contributed by atoms with E-state index >= 15 is 0 Å². The van der Waals surface area contributed by atoms with E-state index in [1.54, 1.807) is 6.07 Å². The van der Waals surface area contributed by atoms with Gasteiger partial charge in [0.25, 0.3) is 0 Å². The average Bonchev–Trinajstić information content (AvgIpc) is 3.33. The van der Waals surface area contributed by atoms with Gasteiger partial charge in [-0.1, -0.05) is 115 Å². The van der Waals surface area contributed by atoms with Crippen LogP contribution in [0.5, 0.6) is 5.75 Å². The molecule has 3 nitrogen and oxygen atoms in total. The van der Waals surface area contributed by atoms with Gasteiger partial charge in [0.2, 0.25) is 0 Å². The molecule has 4 aromatic carbocycles. The first-order chi connectivity index (χ1) is 18.8. The molecule has 38 heavy (non-hydrogen) atoms. The number of aromatic hydroxyl groups is 1. The first-order valence-corrected chi connectivity index (χ1v) is 13.2. The first-order valence-electron chi connectivity index (χ1n) is 13.2. The first kappa shape index (κ1) is 22.6. The maximum absolute atomic E-state index is 10.7. The summed E-state index contributed by atoms with van der Waals surface area (Å²) in [5.41, 5.74) is 8.11. The van der Waals surface area contributed by atoms with Crippen LogP contribution < -0.4 is 0 Å². The molecule has 0 fully saturated rings. The molecule has 0 bridgehead atoms. The predicted molar refractivity (Wildman–Crippen MR) is 157 cm³/mol. The molecule has 0 radical (unpaired) electrons. The molecule has 1 aliphatic heterocycles. The predicted octanol–water partition coefficient (Wildman–Crippen LogP) is 8.48. The van der Waals surface area contributed by atoms with Crippen LogP contribution in [-0.2, 0) is 0 Å². The number of hydrogen-bond acceptors (Lipinski definition) is 2. The lowest BCUT2D eigenvalue weighted by Gasteiger charge is -2.29. The van der Waals surface area contributed by atoms with Crippen LogP contribution in [0.4, 0.5) is 0 Å². The van der Waals surface area contributed by atoms with Gasteiger partial charge >= 0.3 is 0 Å². The molecule has 1 aliphatic carbocycles. The fourth-order valence-electron chi connectivity index (χ4n) is 6.03. The van der Waals surface area contributed by atoms with Crippen LogP contribution in [0.2, 0.25) is 0 Å². The van der Waals surface area contributed by atoms with Gasteiger partial charge in [0.05, 0.1) is 17.3 Å². The third kappa shape index (κ3) is 3.88. The Balaban J connectivity index is 1.29. The molecule has 5 aromatic rings. The summed E-state index contributed by atoms with van der Waals surface area (Å²) < 4.78 is 2.39. The third-order valence-electron chi connectivity index (χ3n) is 7.81. The number of rotatable bonds is 4. The van der Waals surface area contributed by atoms with Crippen molar-refractivity contribution >= 4 is 33.2 Å². The number of fused-ring (bicyclic) bond motifs is 3. The zero-order valence-electron chi connectivity index (χ0n) is 21.0. The fraction of sp³-hybridized carbons (Fsp3) is 0.114. The van der Waals surface area contributed by atoms with Gasteiger partial charge in [0, 0.05) is 34.3 Å². The van der Waals surface area contributed by atoms with Crippen molar-refractivity contribution in [1.29, 1.82) is 0 Å². The van der Waals surface area contributed by atoms with E-state index in [1.165, 1.54) is 11.1 Å². The van der Waals surface area contributed by atoms with Crippen LogP contribution in [0.1, 0.15) is 30.0 Å². The summed E-state index contributed by atoms with van der Waals surface area (Å²) in [6.45, 7) is 0. The van der Waals surface area contributed by atoms with Crippen molar-refractivity contribution in [2.75, 3.05) is 0 Å². The summed E-state index contributed by atoms with van der Waals surface area (Å²) in [5.74, 6) is 0.589. The number of aliphatic imine (C=N–C) groups is 1. The molecule has 3 heteroatoms. The quantitative estimate of drug-likeness (QED) is 0.268. The molecule has 1 aromatic heterocycles. The maximum Gasteiger partial charge on any atom is 0.125 e. The molecule has 1 N–H and O–H groups in total. The Morgan fingerprint density at radius 1 is 0.711 bits per heavy atom. The number of allylic oxidation sites excluding steroid dienone is 5. The average molecular weight is 493 g/mol. The highest BCUT2D eigenvalue weighted by Crippen LogP contribution is 2.41. The van der Waals surface area contributed by atoms with Gasteiger partial charge in [0.1, 0.15) is 5.75 Å². The van der Waals surface area contributed by atoms with E-state index in [0.717, 1.165) is 51.6 Å². The van der Waals surface area contributed by atoms with E-state index in [2.05, 4.69) is 114 Å². The summed E-state index contributed by atoms with van der Waals surface area (Å²) in [6.07, 6.45) is 10.9. The SMILES string of the molecule is Oc1cccc2c1c1ccccc1n2C1C=CC=C(C2C=C(c3ccccc3)N=C(c3ccccc3)C2)C1. The zero-order chi connectivity index (χ0) is 25.5. The Labute approximate surface area is 222 Å². The van der Waals surface area contributed by atoms with Crippen molar-refractivity contribution in [3.63, 3.8) is 0 Å². The molecule has 184 valence electrons. The van der Waals surface area contributed by atoms with Gasteiger partial charge < -0.3 is 9.67 Å². The van der Waals surface area contributed by atoms with Crippen molar-refractivity contribution in [2.45, 2.75) is 18.9 Å². The summed E-state index contributed by atoms with van der Waals surface area (Å²) in [5, 5.41) is 12.8. The molecule has 2 aliphatic rings. The molecule has 2 heterocycles. The number of benzene rings is 4. The standard InChI is InChI=1S/C35H28N2O/c38-34-20-10-19-33-35(34)29-17-7-8-18-32(29)37(33)28-16-9-15-26(21-28)27-22-30(24-11-3-1-4-12-24)36-31(23-27)25-13-5-2-6-14-25/h1-20,22,27-28,38H,21,23H2. The van der Waals surface area contributed by atoms with Crippen molar-refractivity contribution in [2.24, 2.45) is 10.9 Å². The van der Waals surface area contributed by atoms with Gasteiger partial charge in [-0.15, -0.1) is 0 Å². The van der Waals surface area contributed by atoms with Crippen molar-refractivity contribution < 1.29 is 5.11 Å². The number of para-hydroxylation sites is 1. The Hall–Kier alpha value is -4.63. The highest BCUT2D eigenvalue weighted by Gasteiger charge is 2.27. The number of hydrogen-bond donors (Lipinski definition) is 1.